The molecule has 5 nitrogen and oxygen atoms in total. The summed E-state index contributed by atoms with van der Waals surface area (Å²) in [7, 11) is -4.08. The number of anilines is 1. The molecule has 1 saturated heterocycles. The van der Waals surface area contributed by atoms with Crippen molar-refractivity contribution in [2.75, 3.05) is 18.4 Å². The van der Waals surface area contributed by atoms with E-state index in [2.05, 4.69) is 5.32 Å². The van der Waals surface area contributed by atoms with Crippen molar-refractivity contribution in [2.45, 2.75) is 24.2 Å². The van der Waals surface area contributed by atoms with Crippen molar-refractivity contribution >= 4 is 21.6 Å². The van der Waals surface area contributed by atoms with Crippen LogP contribution < -0.4 is 5.32 Å². The Morgan fingerprint density at radius 3 is 2.30 bits per heavy atom. The van der Waals surface area contributed by atoms with Gasteiger partial charge < -0.3 is 5.32 Å². The number of carbonyl (C=O) groups excluding carboxylic acids is 1. The van der Waals surface area contributed by atoms with Crippen LogP contribution in [-0.4, -0.2) is 31.7 Å². The number of hydrogen-bond donors (Lipinski definition) is 1. The molecule has 0 bridgehead atoms. The van der Waals surface area contributed by atoms with Crippen molar-refractivity contribution in [3.05, 3.63) is 59.4 Å². The van der Waals surface area contributed by atoms with E-state index in [0.29, 0.717) is 32.0 Å². The zero-order valence-corrected chi connectivity index (χ0v) is 15.0. The van der Waals surface area contributed by atoms with Crippen LogP contribution in [0.25, 0.3) is 0 Å². The van der Waals surface area contributed by atoms with Gasteiger partial charge in [-0.25, -0.2) is 21.6 Å². The second-order valence-electron chi connectivity index (χ2n) is 6.19. The molecule has 0 spiro atoms. The van der Waals surface area contributed by atoms with E-state index in [1.807, 2.05) is 0 Å². The van der Waals surface area contributed by atoms with Crippen molar-refractivity contribution < 1.29 is 26.4 Å². The number of nitrogens with zero attached hydrogens (tertiary/aromatic N) is 1. The molecule has 2 aromatic rings. The highest BCUT2D eigenvalue weighted by atomic mass is 32.2. The van der Waals surface area contributed by atoms with Crippen molar-refractivity contribution in [2.24, 2.45) is 0 Å². The molecule has 0 aliphatic carbocycles. The number of sulfonamides is 1. The van der Waals surface area contributed by atoms with Gasteiger partial charge in [-0.2, -0.15) is 4.31 Å². The number of halogens is 3. The molecule has 1 aliphatic rings. The lowest BCUT2D eigenvalue weighted by Gasteiger charge is -2.26. The molecule has 0 saturated carbocycles. The fourth-order valence-electron chi connectivity index (χ4n) is 2.87. The Morgan fingerprint density at radius 1 is 0.926 bits per heavy atom. The maximum Gasteiger partial charge on any atom is 0.255 e. The van der Waals surface area contributed by atoms with E-state index in [-0.39, 0.29) is 11.3 Å². The molecule has 2 aromatic carbocycles. The number of benzene rings is 2. The molecular formula is C18H17F3N2O3S. The number of amides is 1. The largest absolute Gasteiger partial charge is 0.319 e. The normalized spacial score (nSPS) is 15.5. The monoisotopic (exact) mass is 398 g/mol. The Bertz CT molecular complexity index is 974. The lowest BCUT2D eigenvalue weighted by molar-refractivity contribution is 0.102. The van der Waals surface area contributed by atoms with Crippen molar-refractivity contribution in [3.63, 3.8) is 0 Å². The highest BCUT2D eigenvalue weighted by Crippen LogP contribution is 2.24. The van der Waals surface area contributed by atoms with E-state index in [1.165, 1.54) is 4.31 Å². The van der Waals surface area contributed by atoms with Crippen LogP contribution in [0.1, 0.15) is 29.6 Å². The molecule has 1 heterocycles. The molecule has 0 radical (unpaired) electrons. The van der Waals surface area contributed by atoms with Crippen LogP contribution in [0.5, 0.6) is 0 Å². The van der Waals surface area contributed by atoms with Crippen molar-refractivity contribution in [3.8, 4) is 0 Å². The van der Waals surface area contributed by atoms with E-state index >= 15 is 0 Å². The zero-order valence-electron chi connectivity index (χ0n) is 14.2. The van der Waals surface area contributed by atoms with Gasteiger partial charge in [-0.1, -0.05) is 6.42 Å². The fourth-order valence-corrected chi connectivity index (χ4v) is 4.48. The van der Waals surface area contributed by atoms with E-state index < -0.39 is 38.3 Å². The van der Waals surface area contributed by atoms with Crippen LogP contribution in [0.2, 0.25) is 0 Å². The van der Waals surface area contributed by atoms with Crippen LogP contribution in [-0.2, 0) is 10.0 Å². The molecule has 0 unspecified atom stereocenters. The summed E-state index contributed by atoms with van der Waals surface area (Å²) < 4.78 is 67.4. The van der Waals surface area contributed by atoms with Gasteiger partial charge in [0.15, 0.2) is 0 Å². The predicted molar refractivity (Wildman–Crippen MR) is 93.3 cm³/mol. The van der Waals surface area contributed by atoms with Gasteiger partial charge >= 0.3 is 0 Å². The number of rotatable bonds is 4. The van der Waals surface area contributed by atoms with Gasteiger partial charge in [0.1, 0.15) is 22.3 Å². The number of nitrogens with one attached hydrogen (secondary N) is 1. The molecule has 1 amide bonds. The van der Waals surface area contributed by atoms with Gasteiger partial charge in [0.05, 0.1) is 5.69 Å². The maximum absolute atomic E-state index is 14.2. The van der Waals surface area contributed by atoms with E-state index in [1.54, 1.807) is 0 Å². The number of carbonyl (C=O) groups is 1. The first-order valence-corrected chi connectivity index (χ1v) is 9.79. The molecular weight excluding hydrogens is 381 g/mol. The minimum absolute atomic E-state index is 0.157. The summed E-state index contributed by atoms with van der Waals surface area (Å²) in [6.45, 7) is 0.581. The average Bonchev–Trinajstić information content (AvgIpc) is 2.65. The third-order valence-electron chi connectivity index (χ3n) is 4.31. The standard InChI is InChI=1S/C18H17F3N2O3S/c19-13-5-7-16(15(21)11-13)22-18(24)12-4-6-14(20)17(10-12)27(25,26)23-8-2-1-3-9-23/h4-7,10-11H,1-3,8-9H2,(H,22,24). The lowest BCUT2D eigenvalue weighted by atomic mass is 10.2. The summed E-state index contributed by atoms with van der Waals surface area (Å²) in [5, 5.41) is 2.22. The minimum atomic E-state index is -4.08. The molecule has 3 rings (SSSR count). The first kappa shape index (κ1) is 19.4. The van der Waals surface area contributed by atoms with Crippen LogP contribution in [0.15, 0.2) is 41.3 Å². The average molecular weight is 398 g/mol. The molecule has 1 fully saturated rings. The van der Waals surface area contributed by atoms with E-state index in [4.69, 9.17) is 0 Å². The van der Waals surface area contributed by atoms with Gasteiger partial charge in [-0.3, -0.25) is 4.79 Å². The Balaban J connectivity index is 1.89. The molecule has 1 N–H and O–H groups in total. The molecule has 0 aromatic heterocycles. The number of hydrogen-bond acceptors (Lipinski definition) is 3. The molecule has 0 atom stereocenters. The van der Waals surface area contributed by atoms with E-state index in [9.17, 15) is 26.4 Å². The Kier molecular flexibility index (Phi) is 5.52. The summed E-state index contributed by atoms with van der Waals surface area (Å²) in [5.41, 5.74) is -0.429. The third-order valence-corrected chi connectivity index (χ3v) is 6.22. The summed E-state index contributed by atoms with van der Waals surface area (Å²) in [6, 6.07) is 5.52. The predicted octanol–water partition coefficient (Wildman–Crippen LogP) is 3.53. The number of piperidine rings is 1. The van der Waals surface area contributed by atoms with Crippen LogP contribution in [0, 0.1) is 17.5 Å². The second kappa shape index (κ2) is 7.69. The zero-order chi connectivity index (χ0) is 19.6. The second-order valence-corrected chi connectivity index (χ2v) is 8.09. The smallest absolute Gasteiger partial charge is 0.255 e. The summed E-state index contributed by atoms with van der Waals surface area (Å²) >= 11 is 0. The van der Waals surface area contributed by atoms with Crippen LogP contribution in [0.4, 0.5) is 18.9 Å². The van der Waals surface area contributed by atoms with Gasteiger partial charge in [0, 0.05) is 24.7 Å². The summed E-state index contributed by atoms with van der Waals surface area (Å²) in [6.07, 6.45) is 2.27. The SMILES string of the molecule is O=C(Nc1ccc(F)cc1F)c1ccc(F)c(S(=O)(=O)N2CCCCC2)c1. The molecule has 9 heteroatoms. The fraction of sp³-hybridized carbons (Fsp3) is 0.278. The van der Waals surface area contributed by atoms with Crippen LogP contribution >= 0.6 is 0 Å². The molecule has 144 valence electrons. The van der Waals surface area contributed by atoms with Gasteiger partial charge in [-0.15, -0.1) is 0 Å². The summed E-state index contributed by atoms with van der Waals surface area (Å²) in [4.78, 5) is 11.7. The van der Waals surface area contributed by atoms with Gasteiger partial charge in [-0.05, 0) is 43.2 Å². The topological polar surface area (TPSA) is 66.5 Å². The highest BCUT2D eigenvalue weighted by Gasteiger charge is 2.29. The third kappa shape index (κ3) is 4.14. The maximum atomic E-state index is 14.2. The highest BCUT2D eigenvalue weighted by molar-refractivity contribution is 7.89. The molecule has 27 heavy (non-hydrogen) atoms. The van der Waals surface area contributed by atoms with Gasteiger partial charge in [0.25, 0.3) is 5.91 Å². The van der Waals surface area contributed by atoms with E-state index in [0.717, 1.165) is 36.8 Å². The minimum Gasteiger partial charge on any atom is -0.319 e. The van der Waals surface area contributed by atoms with Gasteiger partial charge in [0.2, 0.25) is 10.0 Å². The lowest BCUT2D eigenvalue weighted by Crippen LogP contribution is -2.36. The van der Waals surface area contributed by atoms with Crippen molar-refractivity contribution in [1.29, 1.82) is 0 Å². The van der Waals surface area contributed by atoms with Crippen molar-refractivity contribution in [1.82, 2.24) is 4.31 Å². The Hall–Kier alpha value is -2.39. The first-order chi connectivity index (χ1) is 12.8. The van der Waals surface area contributed by atoms with Crippen LogP contribution in [0.3, 0.4) is 0 Å². The Labute approximate surface area is 154 Å². The quantitative estimate of drug-likeness (QED) is 0.857. The first-order valence-electron chi connectivity index (χ1n) is 8.35. The Morgan fingerprint density at radius 2 is 1.63 bits per heavy atom. The summed E-state index contributed by atoms with van der Waals surface area (Å²) in [5.74, 6) is -3.59. The molecule has 1 aliphatic heterocycles.